The molecule has 0 radical (unpaired) electrons. The highest BCUT2D eigenvalue weighted by Gasteiger charge is 2.45. The zero-order valence-electron chi connectivity index (χ0n) is 11.7. The second-order valence-corrected chi connectivity index (χ2v) is 5.02. The summed E-state index contributed by atoms with van der Waals surface area (Å²) < 4.78 is 12.2. The van der Waals surface area contributed by atoms with Crippen LogP contribution in [0, 0.1) is 6.92 Å². The minimum absolute atomic E-state index is 0.0238. The Bertz CT molecular complexity index is 556. The second-order valence-electron chi connectivity index (χ2n) is 5.02. The van der Waals surface area contributed by atoms with Crippen molar-refractivity contribution < 1.29 is 29.9 Å². The highest BCUT2D eigenvalue weighted by molar-refractivity contribution is 5.27. The van der Waals surface area contributed by atoms with Crippen molar-refractivity contribution in [2.45, 2.75) is 37.6 Å². The Morgan fingerprint density at radius 2 is 1.95 bits per heavy atom. The van der Waals surface area contributed by atoms with Crippen molar-refractivity contribution in [2.24, 2.45) is 7.05 Å². The Morgan fingerprint density at radius 1 is 1.29 bits per heavy atom. The largest absolute Gasteiger partial charge is 0.456 e. The van der Waals surface area contributed by atoms with E-state index in [1.165, 1.54) is 6.07 Å². The monoisotopic (exact) mass is 301 g/mol. The van der Waals surface area contributed by atoms with Gasteiger partial charge in [-0.2, -0.15) is 0 Å². The number of aryl methyl sites for hydroxylation is 1. The van der Waals surface area contributed by atoms with Crippen LogP contribution in [0.25, 0.3) is 0 Å². The zero-order valence-corrected chi connectivity index (χ0v) is 11.7. The van der Waals surface area contributed by atoms with Crippen molar-refractivity contribution in [3.05, 3.63) is 28.2 Å². The predicted octanol–water partition coefficient (Wildman–Crippen LogP) is -2.13. The van der Waals surface area contributed by atoms with E-state index >= 15 is 0 Å². The maximum atomic E-state index is 11.8. The van der Waals surface area contributed by atoms with Crippen molar-refractivity contribution in [1.82, 2.24) is 4.57 Å². The van der Waals surface area contributed by atoms with Crippen LogP contribution in [0.2, 0.25) is 0 Å². The first-order valence-electron chi connectivity index (χ1n) is 6.50. The zero-order chi connectivity index (χ0) is 15.7. The van der Waals surface area contributed by atoms with Crippen LogP contribution in [-0.2, 0) is 11.8 Å². The fraction of sp³-hybridized carbons (Fsp3) is 0.615. The van der Waals surface area contributed by atoms with Gasteiger partial charge in [0, 0.05) is 19.3 Å². The molecule has 0 unspecified atom stereocenters. The lowest BCUT2D eigenvalue weighted by Gasteiger charge is -2.39. The Kier molecular flexibility index (Phi) is 4.64. The molecule has 0 saturated carbocycles. The predicted molar refractivity (Wildman–Crippen MR) is 70.8 cm³/mol. The molecule has 1 fully saturated rings. The molecular weight excluding hydrogens is 282 g/mol. The maximum Gasteiger partial charge on any atom is 0.229 e. The van der Waals surface area contributed by atoms with Crippen LogP contribution in [0.5, 0.6) is 5.75 Å². The summed E-state index contributed by atoms with van der Waals surface area (Å²) in [7, 11) is 1.72. The molecule has 0 aromatic carbocycles. The van der Waals surface area contributed by atoms with E-state index in [1.54, 1.807) is 24.7 Å². The lowest BCUT2D eigenvalue weighted by atomic mass is 9.99. The van der Waals surface area contributed by atoms with Crippen LogP contribution >= 0.6 is 0 Å². The molecule has 0 aliphatic carbocycles. The van der Waals surface area contributed by atoms with Gasteiger partial charge in [0.2, 0.25) is 11.7 Å². The van der Waals surface area contributed by atoms with Gasteiger partial charge in [0.1, 0.15) is 24.4 Å². The highest BCUT2D eigenvalue weighted by Crippen LogP contribution is 2.24. The van der Waals surface area contributed by atoms with Gasteiger partial charge in [-0.25, -0.2) is 0 Å². The SMILES string of the molecule is Cc1c(O[C@@H]2O[C@H](CO)[C@H](O)[C@H](O)[C@H]2O)c(=O)ccn1C. The van der Waals surface area contributed by atoms with Crippen LogP contribution in [0.4, 0.5) is 0 Å². The van der Waals surface area contributed by atoms with E-state index in [1.807, 2.05) is 0 Å². The van der Waals surface area contributed by atoms with E-state index in [0.717, 1.165) is 0 Å². The lowest BCUT2D eigenvalue weighted by molar-refractivity contribution is -0.277. The molecule has 1 aromatic rings. The summed E-state index contributed by atoms with van der Waals surface area (Å²) in [5, 5.41) is 38.4. The Morgan fingerprint density at radius 3 is 2.57 bits per heavy atom. The molecule has 1 aliphatic heterocycles. The Balaban J connectivity index is 2.27. The van der Waals surface area contributed by atoms with Crippen molar-refractivity contribution >= 4 is 0 Å². The molecule has 2 heterocycles. The average molecular weight is 301 g/mol. The van der Waals surface area contributed by atoms with Gasteiger partial charge >= 0.3 is 0 Å². The van der Waals surface area contributed by atoms with Gasteiger partial charge in [-0.3, -0.25) is 4.79 Å². The summed E-state index contributed by atoms with van der Waals surface area (Å²) in [6.45, 7) is 1.09. The molecule has 5 atom stereocenters. The number of nitrogens with zero attached hydrogens (tertiary/aromatic N) is 1. The number of hydrogen-bond acceptors (Lipinski definition) is 7. The molecular formula is C13H19NO7. The molecule has 8 heteroatoms. The molecule has 118 valence electrons. The Labute approximate surface area is 120 Å². The third-order valence-electron chi connectivity index (χ3n) is 3.61. The van der Waals surface area contributed by atoms with Crippen molar-refractivity contribution in [3.8, 4) is 5.75 Å². The summed E-state index contributed by atoms with van der Waals surface area (Å²) >= 11 is 0. The molecule has 4 N–H and O–H groups in total. The molecule has 1 aromatic heterocycles. The van der Waals surface area contributed by atoms with Crippen LogP contribution in [-0.4, -0.2) is 62.3 Å². The fourth-order valence-electron chi connectivity index (χ4n) is 2.13. The molecule has 0 amide bonds. The molecule has 1 saturated heterocycles. The Hall–Kier alpha value is -1.45. The first-order chi connectivity index (χ1) is 9.86. The average Bonchev–Trinajstić information content (AvgIpc) is 2.47. The topological polar surface area (TPSA) is 121 Å². The number of aliphatic hydroxyl groups is 4. The summed E-state index contributed by atoms with van der Waals surface area (Å²) in [6.07, 6.45) is -5.45. The van der Waals surface area contributed by atoms with Gasteiger partial charge < -0.3 is 34.5 Å². The minimum Gasteiger partial charge on any atom is -0.456 e. The first kappa shape index (κ1) is 15.9. The van der Waals surface area contributed by atoms with E-state index < -0.39 is 42.7 Å². The lowest BCUT2D eigenvalue weighted by Crippen LogP contribution is -2.60. The third-order valence-corrected chi connectivity index (χ3v) is 3.61. The van der Waals surface area contributed by atoms with Gasteiger partial charge in [0.15, 0.2) is 5.75 Å². The van der Waals surface area contributed by atoms with Crippen molar-refractivity contribution in [1.29, 1.82) is 0 Å². The molecule has 2 rings (SSSR count). The molecule has 0 spiro atoms. The van der Waals surface area contributed by atoms with Gasteiger partial charge in [0.25, 0.3) is 0 Å². The first-order valence-corrected chi connectivity index (χ1v) is 6.50. The maximum absolute atomic E-state index is 11.8. The third kappa shape index (κ3) is 2.94. The number of ether oxygens (including phenoxy) is 2. The van der Waals surface area contributed by atoms with Crippen LogP contribution in [0.1, 0.15) is 5.69 Å². The quantitative estimate of drug-likeness (QED) is 0.503. The van der Waals surface area contributed by atoms with E-state index in [4.69, 9.17) is 14.6 Å². The molecule has 8 nitrogen and oxygen atoms in total. The van der Waals surface area contributed by atoms with Gasteiger partial charge in [0.05, 0.1) is 12.3 Å². The van der Waals surface area contributed by atoms with Crippen LogP contribution in [0.15, 0.2) is 17.1 Å². The standard InChI is InChI=1S/C13H19NO7/c1-6-12(7(16)3-4-14(6)2)21-13-11(19)10(18)9(17)8(5-15)20-13/h3-4,8-11,13,15,17-19H,5H2,1-2H3/t8-,9+,10+,11-,13+/m1/s1. The van der Waals surface area contributed by atoms with Crippen molar-refractivity contribution in [3.63, 3.8) is 0 Å². The minimum atomic E-state index is -1.55. The van der Waals surface area contributed by atoms with E-state index in [-0.39, 0.29) is 5.75 Å². The van der Waals surface area contributed by atoms with E-state index in [0.29, 0.717) is 5.69 Å². The smallest absolute Gasteiger partial charge is 0.229 e. The van der Waals surface area contributed by atoms with E-state index in [9.17, 15) is 20.1 Å². The normalized spacial score (nSPS) is 33.0. The van der Waals surface area contributed by atoms with Gasteiger partial charge in [-0.15, -0.1) is 0 Å². The van der Waals surface area contributed by atoms with Crippen LogP contribution in [0.3, 0.4) is 0 Å². The van der Waals surface area contributed by atoms with E-state index in [2.05, 4.69) is 0 Å². The second kappa shape index (κ2) is 6.12. The number of pyridine rings is 1. The molecule has 1 aliphatic rings. The summed E-state index contributed by atoms with van der Waals surface area (Å²) in [5.74, 6) is -0.0238. The van der Waals surface area contributed by atoms with Gasteiger partial charge in [-0.1, -0.05) is 0 Å². The highest BCUT2D eigenvalue weighted by atomic mass is 16.7. The summed E-state index contributed by atoms with van der Waals surface area (Å²) in [4.78, 5) is 11.8. The number of rotatable bonds is 3. The fourth-order valence-corrected chi connectivity index (χ4v) is 2.13. The van der Waals surface area contributed by atoms with Crippen molar-refractivity contribution in [2.75, 3.05) is 6.61 Å². The number of aromatic nitrogens is 1. The molecule has 0 bridgehead atoms. The summed E-state index contributed by atoms with van der Waals surface area (Å²) in [5.41, 5.74) is 0.113. The van der Waals surface area contributed by atoms with Crippen LogP contribution < -0.4 is 10.2 Å². The number of hydrogen-bond donors (Lipinski definition) is 4. The molecule has 21 heavy (non-hydrogen) atoms. The van der Waals surface area contributed by atoms with Gasteiger partial charge in [-0.05, 0) is 6.92 Å². The summed E-state index contributed by atoms with van der Waals surface area (Å²) in [6, 6.07) is 1.30. The number of aliphatic hydroxyl groups excluding tert-OH is 4.